The zero-order chi connectivity index (χ0) is 15.6. The first kappa shape index (κ1) is 15.5. The lowest BCUT2D eigenvalue weighted by atomic mass is 9.85. The fourth-order valence-electron chi connectivity index (χ4n) is 2.45. The molecule has 0 atom stereocenters. The first-order chi connectivity index (χ1) is 9.82. The molecule has 1 aromatic carbocycles. The Hall–Kier alpha value is -1.92. The van der Waals surface area contributed by atoms with Crippen LogP contribution >= 0.6 is 0 Å². The van der Waals surface area contributed by atoms with E-state index < -0.39 is 17.6 Å². The van der Waals surface area contributed by atoms with Crippen molar-refractivity contribution in [2.75, 3.05) is 18.5 Å². The third-order valence-electron chi connectivity index (χ3n) is 3.89. The Morgan fingerprint density at radius 3 is 2.57 bits per heavy atom. The molecule has 1 aliphatic carbocycles. The van der Waals surface area contributed by atoms with Crippen LogP contribution in [-0.2, 0) is 6.18 Å². The summed E-state index contributed by atoms with van der Waals surface area (Å²) in [7, 11) is 1.83. The van der Waals surface area contributed by atoms with Crippen molar-refractivity contribution in [3.63, 3.8) is 0 Å². The van der Waals surface area contributed by atoms with Gasteiger partial charge < -0.3 is 15.8 Å². The van der Waals surface area contributed by atoms with Crippen LogP contribution in [0.2, 0.25) is 0 Å². The van der Waals surface area contributed by atoms with Crippen molar-refractivity contribution in [3.8, 4) is 0 Å². The van der Waals surface area contributed by atoms with Gasteiger partial charge in [-0.3, -0.25) is 0 Å². The molecule has 0 aliphatic heterocycles. The second-order valence-electron chi connectivity index (χ2n) is 5.39. The fourth-order valence-corrected chi connectivity index (χ4v) is 2.45. The first-order valence-electron chi connectivity index (χ1n) is 6.73. The van der Waals surface area contributed by atoms with Crippen LogP contribution in [0.4, 0.5) is 18.9 Å². The highest BCUT2D eigenvalue weighted by Crippen LogP contribution is 2.34. The summed E-state index contributed by atoms with van der Waals surface area (Å²) in [4.78, 5) is 1.90. The van der Waals surface area contributed by atoms with Gasteiger partial charge in [0.05, 0.1) is 5.56 Å². The zero-order valence-corrected chi connectivity index (χ0v) is 11.7. The molecule has 0 amide bonds. The van der Waals surface area contributed by atoms with Crippen LogP contribution < -0.4 is 10.6 Å². The predicted molar refractivity (Wildman–Crippen MR) is 74.6 cm³/mol. The lowest BCUT2D eigenvalue weighted by molar-refractivity contribution is -0.137. The topological polar surface area (TPSA) is 61.8 Å². The van der Waals surface area contributed by atoms with Gasteiger partial charge in [0.15, 0.2) is 5.84 Å². The van der Waals surface area contributed by atoms with E-state index in [9.17, 15) is 13.2 Å². The maximum atomic E-state index is 12.9. The lowest BCUT2D eigenvalue weighted by Crippen LogP contribution is -2.30. The molecule has 0 heterocycles. The number of amidine groups is 1. The monoisotopic (exact) mass is 301 g/mol. The second-order valence-corrected chi connectivity index (χ2v) is 5.39. The van der Waals surface area contributed by atoms with Crippen LogP contribution in [-0.4, -0.2) is 24.6 Å². The Morgan fingerprint density at radius 2 is 2.10 bits per heavy atom. The minimum Gasteiger partial charge on any atom is -0.409 e. The van der Waals surface area contributed by atoms with Crippen molar-refractivity contribution >= 4 is 11.5 Å². The smallest absolute Gasteiger partial charge is 0.409 e. The van der Waals surface area contributed by atoms with Gasteiger partial charge in [-0.25, -0.2) is 0 Å². The van der Waals surface area contributed by atoms with Crippen LogP contribution in [0.3, 0.4) is 0 Å². The van der Waals surface area contributed by atoms with E-state index in [1.165, 1.54) is 18.6 Å². The number of benzene rings is 1. The van der Waals surface area contributed by atoms with E-state index in [1.807, 2.05) is 11.9 Å². The molecule has 7 heteroatoms. The summed E-state index contributed by atoms with van der Waals surface area (Å²) in [5.41, 5.74) is 4.80. The lowest BCUT2D eigenvalue weighted by Gasteiger charge is -2.31. The average molecular weight is 301 g/mol. The van der Waals surface area contributed by atoms with Gasteiger partial charge in [0.25, 0.3) is 0 Å². The molecule has 1 fully saturated rings. The van der Waals surface area contributed by atoms with Gasteiger partial charge in [-0.15, -0.1) is 0 Å². The molecule has 0 bridgehead atoms. The van der Waals surface area contributed by atoms with Crippen LogP contribution in [0, 0.1) is 5.92 Å². The zero-order valence-electron chi connectivity index (χ0n) is 11.7. The largest absolute Gasteiger partial charge is 0.417 e. The van der Waals surface area contributed by atoms with E-state index in [0.29, 0.717) is 11.6 Å². The van der Waals surface area contributed by atoms with Crippen molar-refractivity contribution in [2.24, 2.45) is 16.8 Å². The van der Waals surface area contributed by atoms with Crippen LogP contribution in [0.5, 0.6) is 0 Å². The summed E-state index contributed by atoms with van der Waals surface area (Å²) in [5.74, 6) is 0.0471. The summed E-state index contributed by atoms with van der Waals surface area (Å²) in [6.45, 7) is 0.793. The minimum absolute atomic E-state index is 0.303. The van der Waals surface area contributed by atoms with Gasteiger partial charge in [-0.2, -0.15) is 13.2 Å². The van der Waals surface area contributed by atoms with Crippen molar-refractivity contribution in [3.05, 3.63) is 29.3 Å². The third-order valence-corrected chi connectivity index (χ3v) is 3.89. The third kappa shape index (κ3) is 3.40. The maximum absolute atomic E-state index is 12.9. The number of hydrogen-bond acceptors (Lipinski definition) is 3. The van der Waals surface area contributed by atoms with E-state index >= 15 is 0 Å². The minimum atomic E-state index is -4.55. The van der Waals surface area contributed by atoms with Gasteiger partial charge in [0.2, 0.25) is 0 Å². The van der Waals surface area contributed by atoms with Crippen LogP contribution in [0.25, 0.3) is 0 Å². The highest BCUT2D eigenvalue weighted by Gasteiger charge is 2.34. The van der Waals surface area contributed by atoms with Crippen LogP contribution in [0.1, 0.15) is 30.4 Å². The van der Waals surface area contributed by atoms with Crippen molar-refractivity contribution in [1.29, 1.82) is 0 Å². The van der Waals surface area contributed by atoms with E-state index in [0.717, 1.165) is 25.5 Å². The van der Waals surface area contributed by atoms with Gasteiger partial charge in [0.1, 0.15) is 0 Å². The molecule has 1 aromatic rings. The Kier molecular flexibility index (Phi) is 4.29. The number of alkyl halides is 3. The van der Waals surface area contributed by atoms with Crippen molar-refractivity contribution in [2.45, 2.75) is 25.4 Å². The highest BCUT2D eigenvalue weighted by molar-refractivity contribution is 5.99. The van der Waals surface area contributed by atoms with Crippen molar-refractivity contribution in [1.82, 2.24) is 0 Å². The summed E-state index contributed by atoms with van der Waals surface area (Å²) in [5, 5.41) is 11.4. The number of oxime groups is 1. The Balaban J connectivity index is 2.32. The highest BCUT2D eigenvalue weighted by atomic mass is 19.4. The summed E-state index contributed by atoms with van der Waals surface area (Å²) in [6.07, 6.45) is -1.03. The molecule has 4 nitrogen and oxygen atoms in total. The quantitative estimate of drug-likeness (QED) is 0.389. The molecule has 1 saturated carbocycles. The average Bonchev–Trinajstić information content (AvgIpc) is 2.40. The molecule has 1 aliphatic rings. The van der Waals surface area contributed by atoms with Gasteiger partial charge in [0, 0.05) is 24.8 Å². The Labute approximate surface area is 121 Å². The summed E-state index contributed by atoms with van der Waals surface area (Å²) in [6, 6.07) is 3.70. The number of anilines is 1. The molecule has 21 heavy (non-hydrogen) atoms. The maximum Gasteiger partial charge on any atom is 0.417 e. The summed E-state index contributed by atoms with van der Waals surface area (Å²) < 4.78 is 38.8. The normalized spacial score (nSPS) is 16.7. The first-order valence-corrected chi connectivity index (χ1v) is 6.73. The molecular formula is C14H18F3N3O. The van der Waals surface area contributed by atoms with E-state index in [-0.39, 0.29) is 5.56 Å². The Morgan fingerprint density at radius 1 is 1.43 bits per heavy atom. The van der Waals surface area contributed by atoms with Crippen LogP contribution in [0.15, 0.2) is 23.4 Å². The van der Waals surface area contributed by atoms with Crippen molar-refractivity contribution < 1.29 is 18.4 Å². The standard InChI is InChI=1S/C14H18F3N3O/c1-20(8-9-3-2-4-9)10-5-6-12(14(15,16)17)11(7-10)13(18)19-21/h5-7,9,21H,2-4,8H2,1H3,(H2,18,19). The van der Waals surface area contributed by atoms with E-state index in [1.54, 1.807) is 0 Å². The number of hydrogen-bond donors (Lipinski definition) is 2. The SMILES string of the molecule is CN(CC1CCC1)c1ccc(C(F)(F)F)c(/C(N)=N/O)c1. The number of nitrogens with zero attached hydrogens (tertiary/aromatic N) is 2. The van der Waals surface area contributed by atoms with E-state index in [2.05, 4.69) is 5.16 Å². The molecule has 2 rings (SSSR count). The number of rotatable bonds is 4. The molecule has 0 saturated heterocycles. The molecule has 0 radical (unpaired) electrons. The Bertz CT molecular complexity index is 539. The number of halogens is 3. The fraction of sp³-hybridized carbons (Fsp3) is 0.500. The molecule has 3 N–H and O–H groups in total. The molecule has 0 aromatic heterocycles. The second kappa shape index (κ2) is 5.83. The summed E-state index contributed by atoms with van der Waals surface area (Å²) >= 11 is 0. The van der Waals surface area contributed by atoms with Gasteiger partial charge >= 0.3 is 6.18 Å². The molecule has 0 spiro atoms. The predicted octanol–water partition coefficient (Wildman–Crippen LogP) is 3.04. The molecule has 116 valence electrons. The number of nitrogens with two attached hydrogens (primary N) is 1. The van der Waals surface area contributed by atoms with E-state index in [4.69, 9.17) is 10.9 Å². The molecule has 0 unspecified atom stereocenters. The molecular weight excluding hydrogens is 283 g/mol. The van der Waals surface area contributed by atoms with Gasteiger partial charge in [-0.05, 0) is 37.0 Å². The van der Waals surface area contributed by atoms with Gasteiger partial charge in [-0.1, -0.05) is 11.6 Å².